The van der Waals surface area contributed by atoms with Crippen molar-refractivity contribution in [2.75, 3.05) is 0 Å². The summed E-state index contributed by atoms with van der Waals surface area (Å²) in [4.78, 5) is 0. The van der Waals surface area contributed by atoms with Gasteiger partial charge in [0.25, 0.3) is 0 Å². The van der Waals surface area contributed by atoms with Gasteiger partial charge in [-0.15, -0.1) is 0 Å². The summed E-state index contributed by atoms with van der Waals surface area (Å²) in [6.45, 7) is 6.08. The molecule has 15 heavy (non-hydrogen) atoms. The predicted octanol–water partition coefficient (Wildman–Crippen LogP) is 3.72. The quantitative estimate of drug-likeness (QED) is 0.623. The minimum atomic E-state index is -0.0652. The molecule has 0 amide bonds. The molecular formula is C11H14Cl2N2. The molecule has 0 aromatic heterocycles. The van der Waals surface area contributed by atoms with Crippen LogP contribution in [0.3, 0.4) is 0 Å². The van der Waals surface area contributed by atoms with E-state index in [2.05, 4.69) is 10.5 Å². The van der Waals surface area contributed by atoms with E-state index in [-0.39, 0.29) is 5.54 Å². The zero-order valence-electron chi connectivity index (χ0n) is 9.01. The maximum absolute atomic E-state index is 5.98. The molecule has 2 nitrogen and oxygen atoms in total. The van der Waals surface area contributed by atoms with Crippen molar-refractivity contribution in [2.24, 2.45) is 5.10 Å². The molecule has 1 N–H and O–H groups in total. The van der Waals surface area contributed by atoms with Crippen molar-refractivity contribution in [1.29, 1.82) is 0 Å². The van der Waals surface area contributed by atoms with Gasteiger partial charge in [0, 0.05) is 11.1 Å². The number of benzene rings is 1. The molecule has 1 aromatic carbocycles. The Hall–Kier alpha value is -0.730. The third-order valence-corrected chi connectivity index (χ3v) is 2.25. The molecule has 0 aliphatic rings. The van der Waals surface area contributed by atoms with Gasteiger partial charge in [-0.25, -0.2) is 0 Å². The Bertz CT molecular complexity index is 347. The molecule has 0 spiro atoms. The topological polar surface area (TPSA) is 24.4 Å². The number of nitrogens with zero attached hydrogens (tertiary/aromatic N) is 1. The Morgan fingerprint density at radius 2 is 1.73 bits per heavy atom. The standard InChI is InChI=1S/C11H14Cl2N2/c1-11(2,3)15-14-7-8-9(12)5-4-6-10(8)13/h4-7,15H,1-3H3/b14-7+. The van der Waals surface area contributed by atoms with Gasteiger partial charge >= 0.3 is 0 Å². The molecule has 0 radical (unpaired) electrons. The first-order chi connectivity index (χ1) is 6.90. The maximum Gasteiger partial charge on any atom is 0.0570 e. The van der Waals surface area contributed by atoms with E-state index in [1.165, 1.54) is 0 Å². The van der Waals surface area contributed by atoms with Crippen molar-refractivity contribution in [3.8, 4) is 0 Å². The van der Waals surface area contributed by atoms with Gasteiger partial charge in [-0.05, 0) is 32.9 Å². The fourth-order valence-corrected chi connectivity index (χ4v) is 1.42. The van der Waals surface area contributed by atoms with E-state index in [0.717, 1.165) is 5.56 Å². The molecule has 0 atom stereocenters. The van der Waals surface area contributed by atoms with Crippen LogP contribution in [-0.2, 0) is 0 Å². The molecule has 82 valence electrons. The van der Waals surface area contributed by atoms with Gasteiger partial charge in [-0.3, -0.25) is 0 Å². The summed E-state index contributed by atoms with van der Waals surface area (Å²) in [5.74, 6) is 0. The number of nitrogens with one attached hydrogen (secondary N) is 1. The van der Waals surface area contributed by atoms with E-state index in [0.29, 0.717) is 10.0 Å². The molecule has 1 rings (SSSR count). The molecular weight excluding hydrogens is 231 g/mol. The summed E-state index contributed by atoms with van der Waals surface area (Å²) >= 11 is 12.0. The lowest BCUT2D eigenvalue weighted by molar-refractivity contribution is 0.442. The normalized spacial score (nSPS) is 12.1. The van der Waals surface area contributed by atoms with Crippen LogP contribution < -0.4 is 5.43 Å². The van der Waals surface area contributed by atoms with Crippen LogP contribution in [-0.4, -0.2) is 11.8 Å². The van der Waals surface area contributed by atoms with Crippen LogP contribution in [0, 0.1) is 0 Å². The van der Waals surface area contributed by atoms with Crippen molar-refractivity contribution in [3.63, 3.8) is 0 Å². The molecule has 1 aromatic rings. The molecule has 0 bridgehead atoms. The molecule has 0 saturated carbocycles. The largest absolute Gasteiger partial charge is 0.305 e. The zero-order chi connectivity index (χ0) is 11.5. The Balaban J connectivity index is 2.81. The summed E-state index contributed by atoms with van der Waals surface area (Å²) in [5.41, 5.74) is 3.65. The lowest BCUT2D eigenvalue weighted by Crippen LogP contribution is -2.31. The third-order valence-electron chi connectivity index (χ3n) is 1.59. The number of hydrazone groups is 1. The second kappa shape index (κ2) is 4.86. The zero-order valence-corrected chi connectivity index (χ0v) is 10.5. The average Bonchev–Trinajstić information content (AvgIpc) is 2.08. The van der Waals surface area contributed by atoms with E-state index >= 15 is 0 Å². The van der Waals surface area contributed by atoms with Crippen LogP contribution >= 0.6 is 23.2 Å². The van der Waals surface area contributed by atoms with E-state index in [1.54, 1.807) is 24.4 Å². The first-order valence-electron chi connectivity index (χ1n) is 4.64. The van der Waals surface area contributed by atoms with Gasteiger partial charge in [0.2, 0.25) is 0 Å². The first-order valence-corrected chi connectivity index (χ1v) is 5.40. The fourth-order valence-electron chi connectivity index (χ4n) is 0.925. The smallest absolute Gasteiger partial charge is 0.0570 e. The van der Waals surface area contributed by atoms with Gasteiger partial charge in [0.05, 0.1) is 16.3 Å². The summed E-state index contributed by atoms with van der Waals surface area (Å²) in [6.07, 6.45) is 1.63. The fraction of sp³-hybridized carbons (Fsp3) is 0.364. The van der Waals surface area contributed by atoms with Crippen LogP contribution in [0.1, 0.15) is 26.3 Å². The van der Waals surface area contributed by atoms with E-state index in [4.69, 9.17) is 23.2 Å². The number of rotatable bonds is 2. The summed E-state index contributed by atoms with van der Waals surface area (Å²) in [5, 5.41) is 5.29. The first kappa shape index (κ1) is 12.3. The van der Waals surface area contributed by atoms with Gasteiger partial charge < -0.3 is 5.43 Å². The van der Waals surface area contributed by atoms with E-state index in [1.807, 2.05) is 20.8 Å². The second-order valence-electron chi connectivity index (χ2n) is 4.26. The Morgan fingerprint density at radius 1 is 1.20 bits per heavy atom. The van der Waals surface area contributed by atoms with Crippen molar-refractivity contribution in [1.82, 2.24) is 5.43 Å². The minimum Gasteiger partial charge on any atom is -0.305 e. The SMILES string of the molecule is CC(C)(C)N/N=C/c1c(Cl)cccc1Cl. The van der Waals surface area contributed by atoms with Crippen molar-refractivity contribution < 1.29 is 0 Å². The lowest BCUT2D eigenvalue weighted by atomic mass is 10.1. The minimum absolute atomic E-state index is 0.0652. The molecule has 4 heteroatoms. The second-order valence-corrected chi connectivity index (χ2v) is 5.07. The monoisotopic (exact) mass is 244 g/mol. The Labute approximate surface area is 100 Å². The van der Waals surface area contributed by atoms with Crippen LogP contribution in [0.5, 0.6) is 0 Å². The van der Waals surface area contributed by atoms with Gasteiger partial charge in [-0.1, -0.05) is 29.3 Å². The van der Waals surface area contributed by atoms with Crippen molar-refractivity contribution in [3.05, 3.63) is 33.8 Å². The lowest BCUT2D eigenvalue weighted by Gasteiger charge is -2.17. The van der Waals surface area contributed by atoms with Crippen LogP contribution in [0.25, 0.3) is 0 Å². The molecule has 0 aliphatic heterocycles. The summed E-state index contributed by atoms with van der Waals surface area (Å²) in [6, 6.07) is 5.37. The molecule has 0 saturated heterocycles. The Kier molecular flexibility index (Phi) is 4.00. The van der Waals surface area contributed by atoms with E-state index < -0.39 is 0 Å². The maximum atomic E-state index is 5.98. The third kappa shape index (κ3) is 4.10. The van der Waals surface area contributed by atoms with Gasteiger partial charge in [-0.2, -0.15) is 5.10 Å². The highest BCUT2D eigenvalue weighted by molar-refractivity contribution is 6.38. The summed E-state index contributed by atoms with van der Waals surface area (Å²) in [7, 11) is 0. The van der Waals surface area contributed by atoms with Crippen LogP contribution in [0.4, 0.5) is 0 Å². The highest BCUT2D eigenvalue weighted by Crippen LogP contribution is 2.22. The Morgan fingerprint density at radius 3 is 2.20 bits per heavy atom. The molecule has 0 unspecified atom stereocenters. The van der Waals surface area contributed by atoms with Crippen molar-refractivity contribution >= 4 is 29.4 Å². The van der Waals surface area contributed by atoms with Crippen molar-refractivity contribution in [2.45, 2.75) is 26.3 Å². The highest BCUT2D eigenvalue weighted by Gasteiger charge is 2.06. The van der Waals surface area contributed by atoms with Gasteiger partial charge in [0.1, 0.15) is 0 Å². The number of halogens is 2. The van der Waals surface area contributed by atoms with Crippen LogP contribution in [0.2, 0.25) is 10.0 Å². The van der Waals surface area contributed by atoms with Crippen LogP contribution in [0.15, 0.2) is 23.3 Å². The molecule has 0 fully saturated rings. The molecule has 0 heterocycles. The number of hydrogen-bond donors (Lipinski definition) is 1. The van der Waals surface area contributed by atoms with E-state index in [9.17, 15) is 0 Å². The summed E-state index contributed by atoms with van der Waals surface area (Å²) < 4.78 is 0. The highest BCUT2D eigenvalue weighted by atomic mass is 35.5. The average molecular weight is 245 g/mol. The molecule has 0 aliphatic carbocycles. The number of hydrogen-bond acceptors (Lipinski definition) is 2. The predicted molar refractivity (Wildman–Crippen MR) is 66.9 cm³/mol. The van der Waals surface area contributed by atoms with Gasteiger partial charge in [0.15, 0.2) is 0 Å².